The van der Waals surface area contributed by atoms with Crippen molar-refractivity contribution in [3.63, 3.8) is 0 Å². The van der Waals surface area contributed by atoms with E-state index in [1.54, 1.807) is 0 Å². The predicted molar refractivity (Wildman–Crippen MR) is 102 cm³/mol. The number of anilines is 2. The van der Waals surface area contributed by atoms with Gasteiger partial charge in [-0.3, -0.25) is 14.4 Å². The van der Waals surface area contributed by atoms with Crippen LogP contribution in [0, 0.1) is 13.8 Å². The molecule has 1 aromatic heterocycles. The van der Waals surface area contributed by atoms with Gasteiger partial charge in [0.15, 0.2) is 5.16 Å². The Labute approximate surface area is 155 Å². The molecular weight excluding hydrogens is 352 g/mol. The van der Waals surface area contributed by atoms with Gasteiger partial charge in [-0.15, -0.1) is 0 Å². The molecule has 0 fully saturated rings. The molecule has 3 rings (SSSR count). The number of aromatic amines is 1. The first-order valence-electron chi connectivity index (χ1n) is 8.33. The van der Waals surface area contributed by atoms with E-state index in [2.05, 4.69) is 20.6 Å². The van der Waals surface area contributed by atoms with Crippen molar-refractivity contribution in [2.75, 3.05) is 16.4 Å². The molecule has 1 atom stereocenters. The minimum Gasteiger partial charge on any atom is -0.326 e. The highest BCUT2D eigenvalue weighted by Gasteiger charge is 2.34. The van der Waals surface area contributed by atoms with Crippen molar-refractivity contribution < 1.29 is 9.59 Å². The smallest absolute Gasteiger partial charge is 0.257 e. The van der Waals surface area contributed by atoms with E-state index in [1.165, 1.54) is 11.8 Å². The van der Waals surface area contributed by atoms with Crippen molar-refractivity contribution in [2.45, 2.75) is 38.3 Å². The van der Waals surface area contributed by atoms with Gasteiger partial charge in [-0.2, -0.15) is 0 Å². The van der Waals surface area contributed by atoms with Crippen molar-refractivity contribution in [2.24, 2.45) is 0 Å². The average Bonchev–Trinajstić information content (AvgIpc) is 2.52. The molecule has 0 spiro atoms. The fourth-order valence-electron chi connectivity index (χ4n) is 3.06. The largest absolute Gasteiger partial charge is 0.326 e. The Kier molecular flexibility index (Phi) is 5.13. The summed E-state index contributed by atoms with van der Waals surface area (Å²) >= 11 is 1.36. The Bertz CT molecular complexity index is 918. The van der Waals surface area contributed by atoms with Gasteiger partial charge in [0.05, 0.1) is 11.5 Å². The zero-order valence-corrected chi connectivity index (χ0v) is 15.6. The van der Waals surface area contributed by atoms with Crippen LogP contribution in [0.15, 0.2) is 28.2 Å². The molecule has 0 aliphatic carbocycles. The summed E-state index contributed by atoms with van der Waals surface area (Å²) in [6, 6.07) is 5.69. The number of aryl methyl sites for hydroxylation is 2. The Morgan fingerprint density at radius 2 is 1.96 bits per heavy atom. The molecule has 26 heavy (non-hydrogen) atoms. The average molecular weight is 372 g/mol. The quantitative estimate of drug-likeness (QED) is 0.565. The molecule has 3 N–H and O–H groups in total. The Hall–Kier alpha value is -2.61. The molecule has 1 aliphatic rings. The minimum atomic E-state index is -0.878. The van der Waals surface area contributed by atoms with Crippen molar-refractivity contribution in [3.05, 3.63) is 45.2 Å². The van der Waals surface area contributed by atoms with Crippen LogP contribution in [0.4, 0.5) is 11.5 Å². The van der Waals surface area contributed by atoms with Gasteiger partial charge in [-0.25, -0.2) is 4.98 Å². The Balaban J connectivity index is 1.95. The van der Waals surface area contributed by atoms with Gasteiger partial charge in [0, 0.05) is 12.1 Å². The van der Waals surface area contributed by atoms with E-state index in [-0.39, 0.29) is 23.7 Å². The molecule has 2 heterocycles. The lowest BCUT2D eigenvalue weighted by Crippen LogP contribution is -2.36. The van der Waals surface area contributed by atoms with Gasteiger partial charge in [-0.05, 0) is 42.9 Å². The van der Waals surface area contributed by atoms with Gasteiger partial charge in [-0.1, -0.05) is 24.8 Å². The third-order valence-corrected chi connectivity index (χ3v) is 4.77. The summed E-state index contributed by atoms with van der Waals surface area (Å²) in [5.74, 6) is -0.706. The first-order valence-corrected chi connectivity index (χ1v) is 9.32. The number of hydrogen-bond acceptors (Lipinski definition) is 5. The van der Waals surface area contributed by atoms with Crippen LogP contribution in [-0.4, -0.2) is 27.5 Å². The van der Waals surface area contributed by atoms with Gasteiger partial charge < -0.3 is 15.6 Å². The number of fused-ring (bicyclic) bond motifs is 1. The molecule has 1 aromatic carbocycles. The fraction of sp³-hybridized carbons (Fsp3) is 0.333. The van der Waals surface area contributed by atoms with Crippen molar-refractivity contribution in [1.29, 1.82) is 0 Å². The van der Waals surface area contributed by atoms with Crippen LogP contribution in [0.3, 0.4) is 0 Å². The molecule has 2 amide bonds. The van der Waals surface area contributed by atoms with E-state index in [1.807, 2.05) is 39.0 Å². The maximum absolute atomic E-state index is 12.8. The number of thioether (sulfide) groups is 1. The molecule has 0 saturated heterocycles. The normalized spacial score (nSPS) is 16.0. The van der Waals surface area contributed by atoms with Crippen molar-refractivity contribution in [3.8, 4) is 0 Å². The molecule has 0 bridgehead atoms. The van der Waals surface area contributed by atoms with Crippen molar-refractivity contribution in [1.82, 2.24) is 9.97 Å². The monoisotopic (exact) mass is 372 g/mol. The zero-order valence-electron chi connectivity index (χ0n) is 14.8. The molecule has 1 aliphatic heterocycles. The Morgan fingerprint density at radius 3 is 2.62 bits per heavy atom. The topological polar surface area (TPSA) is 104 Å². The van der Waals surface area contributed by atoms with Crippen LogP contribution >= 0.6 is 11.8 Å². The van der Waals surface area contributed by atoms with Crippen LogP contribution in [0.5, 0.6) is 0 Å². The summed E-state index contributed by atoms with van der Waals surface area (Å²) in [6.45, 7) is 5.81. The lowest BCUT2D eigenvalue weighted by atomic mass is 9.92. The number of aromatic nitrogens is 2. The van der Waals surface area contributed by atoms with Crippen LogP contribution in [-0.2, 0) is 9.59 Å². The molecule has 1 unspecified atom stereocenters. The van der Waals surface area contributed by atoms with E-state index in [4.69, 9.17) is 0 Å². The maximum atomic E-state index is 12.8. The van der Waals surface area contributed by atoms with Gasteiger partial charge in [0.25, 0.3) is 5.56 Å². The predicted octanol–water partition coefficient (Wildman–Crippen LogP) is 2.56. The molecule has 2 aromatic rings. The van der Waals surface area contributed by atoms with Crippen LogP contribution < -0.4 is 16.2 Å². The second kappa shape index (κ2) is 7.33. The number of carbonyl (C=O) groups excluding carboxylic acids is 2. The van der Waals surface area contributed by atoms with Crippen molar-refractivity contribution >= 4 is 35.1 Å². The maximum Gasteiger partial charge on any atom is 0.257 e. The highest BCUT2D eigenvalue weighted by Crippen LogP contribution is 2.30. The lowest BCUT2D eigenvalue weighted by Gasteiger charge is -2.23. The molecular formula is C18H20N4O3S. The molecule has 0 radical (unpaired) electrons. The number of hydrogen-bond donors (Lipinski definition) is 3. The lowest BCUT2D eigenvalue weighted by molar-refractivity contribution is -0.123. The fourth-order valence-corrected chi connectivity index (χ4v) is 3.65. The summed E-state index contributed by atoms with van der Waals surface area (Å²) in [5.41, 5.74) is 2.48. The zero-order chi connectivity index (χ0) is 18.8. The van der Waals surface area contributed by atoms with E-state index in [0.29, 0.717) is 10.8 Å². The van der Waals surface area contributed by atoms with E-state index in [9.17, 15) is 14.4 Å². The number of H-pyrrole nitrogens is 1. The standard InChI is InChI=1S/C18H20N4O3S/c1-4-26-18-21-15-14(17(25)22-18)12(8-13(23)20-15)16(24)19-11-6-9(2)5-10(3)7-11/h5-7,12H,4,8H2,1-3H3,(H,19,24)(H2,20,21,22,23,25). The number of rotatable bonds is 4. The third kappa shape index (κ3) is 3.80. The van der Waals surface area contributed by atoms with E-state index in [0.717, 1.165) is 16.9 Å². The summed E-state index contributed by atoms with van der Waals surface area (Å²) in [7, 11) is 0. The number of carbonyl (C=O) groups is 2. The second-order valence-corrected chi connectivity index (χ2v) is 7.49. The van der Waals surface area contributed by atoms with Gasteiger partial charge in [0.1, 0.15) is 5.82 Å². The number of nitrogens with zero attached hydrogens (tertiary/aromatic N) is 1. The van der Waals surface area contributed by atoms with Crippen LogP contribution in [0.2, 0.25) is 0 Å². The summed E-state index contributed by atoms with van der Waals surface area (Å²) < 4.78 is 0. The number of nitrogens with one attached hydrogen (secondary N) is 3. The molecule has 8 heteroatoms. The van der Waals surface area contributed by atoms with E-state index >= 15 is 0 Å². The summed E-state index contributed by atoms with van der Waals surface area (Å²) in [4.78, 5) is 44.3. The third-order valence-electron chi connectivity index (χ3n) is 4.02. The molecule has 7 nitrogen and oxygen atoms in total. The summed E-state index contributed by atoms with van der Waals surface area (Å²) in [6.07, 6.45) is -0.0886. The van der Waals surface area contributed by atoms with E-state index < -0.39 is 17.4 Å². The molecule has 0 saturated carbocycles. The van der Waals surface area contributed by atoms with Gasteiger partial charge in [0.2, 0.25) is 11.8 Å². The van der Waals surface area contributed by atoms with Crippen LogP contribution in [0.25, 0.3) is 0 Å². The highest BCUT2D eigenvalue weighted by molar-refractivity contribution is 7.99. The molecule has 136 valence electrons. The Morgan fingerprint density at radius 1 is 1.27 bits per heavy atom. The highest BCUT2D eigenvalue weighted by atomic mass is 32.2. The van der Waals surface area contributed by atoms with Crippen LogP contribution in [0.1, 0.15) is 36.0 Å². The second-order valence-electron chi connectivity index (χ2n) is 6.24. The summed E-state index contributed by atoms with van der Waals surface area (Å²) in [5, 5.41) is 5.84. The number of benzene rings is 1. The SMILES string of the molecule is CCSc1nc2c(c(=O)[nH]1)C(C(=O)Nc1cc(C)cc(C)c1)CC(=O)N2. The first-order chi connectivity index (χ1) is 12.4. The minimum absolute atomic E-state index is 0.0886. The number of amides is 2. The van der Waals surface area contributed by atoms with Gasteiger partial charge >= 0.3 is 0 Å². The first kappa shape index (κ1) is 18.2.